The third kappa shape index (κ3) is 4.14. The molecule has 0 amide bonds. The Morgan fingerprint density at radius 3 is 2.62 bits per heavy atom. The molecule has 0 aliphatic carbocycles. The van der Waals surface area contributed by atoms with Crippen molar-refractivity contribution < 1.29 is 8.42 Å². The lowest BCUT2D eigenvalue weighted by Gasteiger charge is -2.22. The number of benzene rings is 1. The van der Waals surface area contributed by atoms with E-state index in [0.717, 1.165) is 12.0 Å². The first-order valence-electron chi connectivity index (χ1n) is 6.84. The SMILES string of the molecule is CCC(NC(C)c1cccc(S(N)(=O)=O)c1)c1cccs1. The van der Waals surface area contributed by atoms with Gasteiger partial charge >= 0.3 is 0 Å². The third-order valence-corrected chi connectivity index (χ3v) is 5.33. The van der Waals surface area contributed by atoms with Crippen LogP contribution in [0, 0.1) is 0 Å². The Labute approximate surface area is 130 Å². The van der Waals surface area contributed by atoms with Gasteiger partial charge in [-0.05, 0) is 42.5 Å². The van der Waals surface area contributed by atoms with Crippen molar-refractivity contribution in [2.45, 2.75) is 37.2 Å². The van der Waals surface area contributed by atoms with Gasteiger partial charge in [-0.2, -0.15) is 0 Å². The van der Waals surface area contributed by atoms with Crippen LogP contribution >= 0.6 is 11.3 Å². The Bertz CT molecular complexity index is 681. The summed E-state index contributed by atoms with van der Waals surface area (Å²) >= 11 is 1.72. The second-order valence-electron chi connectivity index (χ2n) is 4.98. The first kappa shape index (κ1) is 16.2. The lowest BCUT2D eigenvalue weighted by atomic mass is 10.1. The smallest absolute Gasteiger partial charge is 0.238 e. The van der Waals surface area contributed by atoms with Crippen molar-refractivity contribution in [3.05, 3.63) is 52.2 Å². The average Bonchev–Trinajstić information content (AvgIpc) is 2.97. The molecule has 2 aromatic rings. The Balaban J connectivity index is 2.18. The topological polar surface area (TPSA) is 72.2 Å². The van der Waals surface area contributed by atoms with Gasteiger partial charge < -0.3 is 5.32 Å². The number of nitrogens with one attached hydrogen (secondary N) is 1. The van der Waals surface area contributed by atoms with E-state index in [1.54, 1.807) is 23.5 Å². The number of nitrogens with two attached hydrogens (primary N) is 1. The summed E-state index contributed by atoms with van der Waals surface area (Å²) in [5, 5.41) is 10.8. The predicted molar refractivity (Wildman–Crippen MR) is 86.7 cm³/mol. The van der Waals surface area contributed by atoms with Gasteiger partial charge in [0.15, 0.2) is 0 Å². The monoisotopic (exact) mass is 324 g/mol. The molecule has 2 rings (SSSR count). The van der Waals surface area contributed by atoms with Gasteiger partial charge in [0.2, 0.25) is 10.0 Å². The second kappa shape index (κ2) is 6.70. The minimum absolute atomic E-state index is 0.0405. The highest BCUT2D eigenvalue weighted by Gasteiger charge is 2.16. The van der Waals surface area contributed by atoms with Gasteiger partial charge in [-0.15, -0.1) is 11.3 Å². The summed E-state index contributed by atoms with van der Waals surface area (Å²) in [7, 11) is -3.66. The quantitative estimate of drug-likeness (QED) is 0.857. The van der Waals surface area contributed by atoms with Crippen LogP contribution in [0.3, 0.4) is 0 Å². The summed E-state index contributed by atoms with van der Waals surface area (Å²) in [5.74, 6) is 0. The first-order chi connectivity index (χ1) is 9.91. The van der Waals surface area contributed by atoms with E-state index in [1.807, 2.05) is 19.1 Å². The highest BCUT2D eigenvalue weighted by atomic mass is 32.2. The molecule has 2 unspecified atom stereocenters. The molecule has 114 valence electrons. The minimum Gasteiger partial charge on any atom is -0.303 e. The van der Waals surface area contributed by atoms with E-state index >= 15 is 0 Å². The zero-order valence-electron chi connectivity index (χ0n) is 12.1. The molecule has 0 radical (unpaired) electrons. The van der Waals surface area contributed by atoms with Crippen molar-refractivity contribution in [2.75, 3.05) is 0 Å². The van der Waals surface area contributed by atoms with Crippen molar-refractivity contribution in [3.8, 4) is 0 Å². The molecular formula is C15H20N2O2S2. The number of primary sulfonamides is 1. The Morgan fingerprint density at radius 2 is 2.05 bits per heavy atom. The van der Waals surface area contributed by atoms with Gasteiger partial charge in [0.25, 0.3) is 0 Å². The zero-order chi connectivity index (χ0) is 15.5. The largest absolute Gasteiger partial charge is 0.303 e. The molecule has 1 aromatic carbocycles. The van der Waals surface area contributed by atoms with Crippen molar-refractivity contribution in [3.63, 3.8) is 0 Å². The summed E-state index contributed by atoms with van der Waals surface area (Å²) in [4.78, 5) is 1.43. The number of hydrogen-bond acceptors (Lipinski definition) is 4. The third-order valence-electron chi connectivity index (χ3n) is 3.43. The van der Waals surface area contributed by atoms with Gasteiger partial charge in [-0.1, -0.05) is 25.1 Å². The Morgan fingerprint density at radius 1 is 1.29 bits per heavy atom. The molecule has 21 heavy (non-hydrogen) atoms. The van der Waals surface area contributed by atoms with Gasteiger partial charge in [-0.25, -0.2) is 13.6 Å². The fraction of sp³-hybridized carbons (Fsp3) is 0.333. The summed E-state index contributed by atoms with van der Waals surface area (Å²) in [6.07, 6.45) is 0.972. The Hall–Kier alpha value is -1.21. The number of thiophene rings is 1. The van der Waals surface area contributed by atoms with Gasteiger partial charge in [0, 0.05) is 17.0 Å². The van der Waals surface area contributed by atoms with Crippen molar-refractivity contribution in [2.24, 2.45) is 5.14 Å². The van der Waals surface area contributed by atoms with Gasteiger partial charge in [-0.3, -0.25) is 0 Å². The van der Waals surface area contributed by atoms with Crippen LogP contribution in [0.25, 0.3) is 0 Å². The maximum atomic E-state index is 11.4. The molecule has 0 aliphatic heterocycles. The second-order valence-corrected chi connectivity index (χ2v) is 7.52. The van der Waals surface area contributed by atoms with Crippen LogP contribution in [0.5, 0.6) is 0 Å². The van der Waals surface area contributed by atoms with E-state index in [1.165, 1.54) is 10.9 Å². The molecule has 6 heteroatoms. The number of sulfonamides is 1. The van der Waals surface area contributed by atoms with E-state index in [-0.39, 0.29) is 17.0 Å². The molecule has 0 saturated heterocycles. The lowest BCUT2D eigenvalue weighted by molar-refractivity contribution is 0.461. The fourth-order valence-corrected chi connectivity index (χ4v) is 3.69. The van der Waals surface area contributed by atoms with Crippen LogP contribution in [0.2, 0.25) is 0 Å². The van der Waals surface area contributed by atoms with Crippen molar-refractivity contribution >= 4 is 21.4 Å². The van der Waals surface area contributed by atoms with E-state index < -0.39 is 10.0 Å². The molecule has 0 bridgehead atoms. The van der Waals surface area contributed by atoms with E-state index in [9.17, 15) is 8.42 Å². The molecule has 2 atom stereocenters. The van der Waals surface area contributed by atoms with E-state index in [2.05, 4.69) is 23.7 Å². The number of rotatable bonds is 6. The first-order valence-corrected chi connectivity index (χ1v) is 9.26. The summed E-state index contributed by atoms with van der Waals surface area (Å²) < 4.78 is 22.9. The normalized spacial score (nSPS) is 14.8. The Kier molecular flexibility index (Phi) is 5.16. The molecule has 0 spiro atoms. The maximum absolute atomic E-state index is 11.4. The summed E-state index contributed by atoms with van der Waals surface area (Å²) in [5.41, 5.74) is 0.913. The molecule has 0 aliphatic rings. The van der Waals surface area contributed by atoms with E-state index in [4.69, 9.17) is 5.14 Å². The van der Waals surface area contributed by atoms with Crippen LogP contribution in [0.1, 0.15) is 42.8 Å². The highest BCUT2D eigenvalue weighted by Crippen LogP contribution is 2.26. The molecule has 1 aromatic heterocycles. The predicted octanol–water partition coefficient (Wildman–Crippen LogP) is 3.20. The number of hydrogen-bond donors (Lipinski definition) is 2. The maximum Gasteiger partial charge on any atom is 0.238 e. The molecule has 3 N–H and O–H groups in total. The summed E-state index contributed by atoms with van der Waals surface area (Å²) in [6.45, 7) is 4.16. The summed E-state index contributed by atoms with van der Waals surface area (Å²) in [6, 6.07) is 11.2. The molecule has 0 fully saturated rings. The van der Waals surface area contributed by atoms with Crippen molar-refractivity contribution in [1.82, 2.24) is 5.32 Å². The fourth-order valence-electron chi connectivity index (χ4n) is 2.25. The molecule has 4 nitrogen and oxygen atoms in total. The van der Waals surface area contributed by atoms with Crippen molar-refractivity contribution in [1.29, 1.82) is 0 Å². The standard InChI is InChI=1S/C15H20N2O2S2/c1-3-14(15-8-5-9-20-15)17-11(2)12-6-4-7-13(10-12)21(16,18)19/h4-11,14,17H,3H2,1-2H3,(H2,16,18,19). The van der Waals surface area contributed by atoms with Crippen LogP contribution in [-0.2, 0) is 10.0 Å². The molecule has 1 heterocycles. The van der Waals surface area contributed by atoms with E-state index in [0.29, 0.717) is 0 Å². The lowest BCUT2D eigenvalue weighted by Crippen LogP contribution is -2.24. The van der Waals surface area contributed by atoms with Crippen LogP contribution in [0.15, 0.2) is 46.7 Å². The van der Waals surface area contributed by atoms with Crippen LogP contribution < -0.4 is 10.5 Å². The molecular weight excluding hydrogens is 304 g/mol. The zero-order valence-corrected chi connectivity index (χ0v) is 13.7. The minimum atomic E-state index is -3.66. The highest BCUT2D eigenvalue weighted by molar-refractivity contribution is 7.89. The van der Waals surface area contributed by atoms with Gasteiger partial charge in [0.05, 0.1) is 4.90 Å². The van der Waals surface area contributed by atoms with Crippen LogP contribution in [0.4, 0.5) is 0 Å². The van der Waals surface area contributed by atoms with Gasteiger partial charge in [0.1, 0.15) is 0 Å². The average molecular weight is 324 g/mol. The van der Waals surface area contributed by atoms with Crippen LogP contribution in [-0.4, -0.2) is 8.42 Å². The molecule has 0 saturated carbocycles.